The van der Waals surface area contributed by atoms with Gasteiger partial charge in [-0.3, -0.25) is 0 Å². The van der Waals surface area contributed by atoms with Gasteiger partial charge in [-0.05, 0) is 34.4 Å². The van der Waals surface area contributed by atoms with Crippen molar-refractivity contribution >= 4 is 15.9 Å². The zero-order chi connectivity index (χ0) is 8.60. The third-order valence-corrected chi connectivity index (χ3v) is 2.46. The van der Waals surface area contributed by atoms with Gasteiger partial charge in [0, 0.05) is 6.61 Å². The molecule has 0 radical (unpaired) electrons. The van der Waals surface area contributed by atoms with Crippen LogP contribution in [0.4, 0.5) is 0 Å². The molecule has 0 aromatic carbocycles. The first-order valence-corrected chi connectivity index (χ1v) is 4.57. The zero-order valence-corrected chi connectivity index (χ0v) is 8.30. The molecule has 1 atom stereocenters. The summed E-state index contributed by atoms with van der Waals surface area (Å²) in [6.45, 7) is 3.51. The third-order valence-electron chi connectivity index (χ3n) is 2.14. The van der Waals surface area contributed by atoms with E-state index < -0.39 is 0 Å². The molecule has 0 spiro atoms. The number of halogens is 1. The van der Waals surface area contributed by atoms with Crippen LogP contribution in [0.25, 0.3) is 0 Å². The average Bonchev–Trinajstić information content (AvgIpc) is 2.59. The summed E-state index contributed by atoms with van der Waals surface area (Å²) in [5.41, 5.74) is -0.0843. The SMILES string of the molecule is CC1(c2nc(Br)no2)CCOC1. The largest absolute Gasteiger partial charge is 0.380 e. The fourth-order valence-electron chi connectivity index (χ4n) is 1.29. The Bertz CT molecular complexity index is 281. The van der Waals surface area contributed by atoms with Crippen molar-refractivity contribution in [1.82, 2.24) is 10.1 Å². The van der Waals surface area contributed by atoms with Gasteiger partial charge < -0.3 is 9.26 Å². The van der Waals surface area contributed by atoms with Gasteiger partial charge in [-0.15, -0.1) is 0 Å². The summed E-state index contributed by atoms with van der Waals surface area (Å²) in [6, 6.07) is 0. The minimum absolute atomic E-state index is 0.0843. The Morgan fingerprint density at radius 1 is 1.58 bits per heavy atom. The Kier molecular flexibility index (Phi) is 1.92. The van der Waals surface area contributed by atoms with Gasteiger partial charge in [0.15, 0.2) is 0 Å². The smallest absolute Gasteiger partial charge is 0.238 e. The van der Waals surface area contributed by atoms with E-state index >= 15 is 0 Å². The first-order chi connectivity index (χ1) is 5.71. The Labute approximate surface area is 78.4 Å². The standard InChI is InChI=1S/C7H9BrN2O2/c1-7(2-3-11-4-7)5-9-6(8)10-12-5/h2-4H2,1H3. The van der Waals surface area contributed by atoms with Crippen molar-refractivity contribution in [3.8, 4) is 0 Å². The van der Waals surface area contributed by atoms with Gasteiger partial charge in [-0.1, -0.05) is 0 Å². The predicted octanol–water partition coefficient (Wildman–Crippen LogP) is 1.51. The highest BCUT2D eigenvalue weighted by atomic mass is 79.9. The number of hydrogen-bond donors (Lipinski definition) is 0. The van der Waals surface area contributed by atoms with E-state index in [9.17, 15) is 0 Å². The van der Waals surface area contributed by atoms with Crippen LogP contribution < -0.4 is 0 Å². The molecule has 2 rings (SSSR count). The number of ether oxygens (including phenoxy) is 1. The summed E-state index contributed by atoms with van der Waals surface area (Å²) in [5, 5.41) is 3.68. The molecule has 1 aromatic rings. The molecule has 1 fully saturated rings. The maximum Gasteiger partial charge on any atom is 0.238 e. The first kappa shape index (κ1) is 8.19. The molecular weight excluding hydrogens is 224 g/mol. The van der Waals surface area contributed by atoms with Crippen LogP contribution in [0.15, 0.2) is 9.26 Å². The van der Waals surface area contributed by atoms with Crippen LogP contribution in [-0.4, -0.2) is 23.4 Å². The highest BCUT2D eigenvalue weighted by molar-refractivity contribution is 9.10. The summed E-state index contributed by atoms with van der Waals surface area (Å²) in [4.78, 5) is 4.12. The maximum absolute atomic E-state index is 5.28. The van der Waals surface area contributed by atoms with Crippen molar-refractivity contribution in [3.05, 3.63) is 10.6 Å². The molecule has 1 saturated heterocycles. The molecule has 12 heavy (non-hydrogen) atoms. The Hall–Kier alpha value is -0.420. The summed E-state index contributed by atoms with van der Waals surface area (Å²) in [7, 11) is 0. The number of aromatic nitrogens is 2. The van der Waals surface area contributed by atoms with Gasteiger partial charge in [0.05, 0.1) is 12.0 Å². The number of hydrogen-bond acceptors (Lipinski definition) is 4. The summed E-state index contributed by atoms with van der Waals surface area (Å²) >= 11 is 3.15. The molecule has 2 heterocycles. The summed E-state index contributed by atoms with van der Waals surface area (Å²) in [6.07, 6.45) is 0.946. The van der Waals surface area contributed by atoms with Gasteiger partial charge >= 0.3 is 0 Å². The van der Waals surface area contributed by atoms with Crippen LogP contribution in [0.5, 0.6) is 0 Å². The average molecular weight is 233 g/mol. The number of rotatable bonds is 1. The molecule has 5 heteroatoms. The molecule has 66 valence electrons. The molecule has 0 bridgehead atoms. The van der Waals surface area contributed by atoms with E-state index in [1.165, 1.54) is 0 Å². The lowest BCUT2D eigenvalue weighted by Crippen LogP contribution is -2.22. The lowest BCUT2D eigenvalue weighted by molar-refractivity contribution is 0.169. The van der Waals surface area contributed by atoms with Gasteiger partial charge in [0.2, 0.25) is 10.6 Å². The minimum Gasteiger partial charge on any atom is -0.380 e. The van der Waals surface area contributed by atoms with E-state index in [1.54, 1.807) is 0 Å². The molecule has 0 saturated carbocycles. The normalized spacial score (nSPS) is 29.5. The Morgan fingerprint density at radius 3 is 2.92 bits per heavy atom. The number of nitrogens with zero attached hydrogens (tertiary/aromatic N) is 2. The Balaban J connectivity index is 2.28. The van der Waals surface area contributed by atoms with Crippen molar-refractivity contribution in [2.45, 2.75) is 18.8 Å². The van der Waals surface area contributed by atoms with Crippen LogP contribution >= 0.6 is 15.9 Å². The second kappa shape index (κ2) is 2.81. The highest BCUT2D eigenvalue weighted by Gasteiger charge is 2.37. The molecule has 1 aliphatic heterocycles. The monoisotopic (exact) mass is 232 g/mol. The van der Waals surface area contributed by atoms with Crippen molar-refractivity contribution in [2.75, 3.05) is 13.2 Å². The molecule has 1 unspecified atom stereocenters. The van der Waals surface area contributed by atoms with Gasteiger partial charge in [-0.25, -0.2) is 0 Å². The van der Waals surface area contributed by atoms with Crippen molar-refractivity contribution in [1.29, 1.82) is 0 Å². The zero-order valence-electron chi connectivity index (χ0n) is 6.71. The third kappa shape index (κ3) is 1.27. The van der Waals surface area contributed by atoms with E-state index in [0.717, 1.165) is 13.0 Å². The second-order valence-electron chi connectivity index (χ2n) is 3.23. The fraction of sp³-hybridized carbons (Fsp3) is 0.714. The van der Waals surface area contributed by atoms with E-state index in [-0.39, 0.29) is 5.41 Å². The van der Waals surface area contributed by atoms with Crippen LogP contribution in [-0.2, 0) is 10.2 Å². The Morgan fingerprint density at radius 2 is 2.42 bits per heavy atom. The molecule has 0 aliphatic carbocycles. The summed E-state index contributed by atoms with van der Waals surface area (Å²) < 4.78 is 10.8. The van der Waals surface area contributed by atoms with E-state index in [0.29, 0.717) is 17.2 Å². The molecule has 4 nitrogen and oxygen atoms in total. The first-order valence-electron chi connectivity index (χ1n) is 3.78. The van der Waals surface area contributed by atoms with Crippen molar-refractivity contribution < 1.29 is 9.26 Å². The quantitative estimate of drug-likeness (QED) is 0.737. The van der Waals surface area contributed by atoms with E-state index in [1.807, 2.05) is 0 Å². The van der Waals surface area contributed by atoms with Crippen LogP contribution in [0.2, 0.25) is 0 Å². The maximum atomic E-state index is 5.28. The van der Waals surface area contributed by atoms with E-state index in [4.69, 9.17) is 9.26 Å². The van der Waals surface area contributed by atoms with Crippen LogP contribution in [0, 0.1) is 0 Å². The van der Waals surface area contributed by atoms with E-state index in [2.05, 4.69) is 33.0 Å². The van der Waals surface area contributed by atoms with Crippen LogP contribution in [0.1, 0.15) is 19.2 Å². The van der Waals surface area contributed by atoms with Gasteiger partial charge in [-0.2, -0.15) is 4.98 Å². The summed E-state index contributed by atoms with van der Waals surface area (Å²) in [5.74, 6) is 0.659. The lowest BCUT2D eigenvalue weighted by Gasteiger charge is -2.14. The van der Waals surface area contributed by atoms with Gasteiger partial charge in [0.1, 0.15) is 0 Å². The lowest BCUT2D eigenvalue weighted by atomic mass is 9.90. The molecule has 0 amide bonds. The fourth-order valence-corrected chi connectivity index (χ4v) is 1.52. The predicted molar refractivity (Wildman–Crippen MR) is 44.8 cm³/mol. The van der Waals surface area contributed by atoms with Gasteiger partial charge in [0.25, 0.3) is 0 Å². The molecular formula is C7H9BrN2O2. The molecule has 1 aromatic heterocycles. The minimum atomic E-state index is -0.0843. The molecule has 1 aliphatic rings. The van der Waals surface area contributed by atoms with Crippen molar-refractivity contribution in [3.63, 3.8) is 0 Å². The van der Waals surface area contributed by atoms with Crippen molar-refractivity contribution in [2.24, 2.45) is 0 Å². The van der Waals surface area contributed by atoms with Crippen LogP contribution in [0.3, 0.4) is 0 Å². The second-order valence-corrected chi connectivity index (χ2v) is 3.94. The highest BCUT2D eigenvalue weighted by Crippen LogP contribution is 2.31. The molecule has 0 N–H and O–H groups in total. The topological polar surface area (TPSA) is 48.2 Å².